The summed E-state index contributed by atoms with van der Waals surface area (Å²) >= 11 is 3.34. The molecule has 0 spiro atoms. The first kappa shape index (κ1) is 13.7. The van der Waals surface area contributed by atoms with Gasteiger partial charge in [0.1, 0.15) is 5.69 Å². The molecule has 1 aromatic carbocycles. The zero-order valence-corrected chi connectivity index (χ0v) is 11.8. The van der Waals surface area contributed by atoms with Gasteiger partial charge >= 0.3 is 5.97 Å². The van der Waals surface area contributed by atoms with Crippen LogP contribution in [0.4, 0.5) is 0 Å². The third-order valence-corrected chi connectivity index (χ3v) is 3.01. The van der Waals surface area contributed by atoms with E-state index in [4.69, 9.17) is 9.84 Å². The third-order valence-electron chi connectivity index (χ3n) is 2.48. The number of rotatable bonds is 5. The van der Waals surface area contributed by atoms with Crippen molar-refractivity contribution in [3.8, 4) is 5.69 Å². The lowest BCUT2D eigenvalue weighted by atomic mass is 10.3. The van der Waals surface area contributed by atoms with Gasteiger partial charge in [-0.3, -0.25) is 0 Å². The second-order valence-electron chi connectivity index (χ2n) is 3.72. The zero-order valence-electron chi connectivity index (χ0n) is 10.2. The van der Waals surface area contributed by atoms with E-state index in [9.17, 15) is 4.79 Å². The minimum Gasteiger partial charge on any atom is -0.476 e. The lowest BCUT2D eigenvalue weighted by Crippen LogP contribution is -2.08. The van der Waals surface area contributed by atoms with E-state index < -0.39 is 5.97 Å². The number of aromatic carboxylic acids is 1. The lowest BCUT2D eigenvalue weighted by Gasteiger charge is -2.07. The van der Waals surface area contributed by atoms with E-state index in [0.29, 0.717) is 12.3 Å². The molecule has 0 fully saturated rings. The number of aromatic nitrogens is 3. The Hall–Kier alpha value is -1.73. The summed E-state index contributed by atoms with van der Waals surface area (Å²) in [7, 11) is 0. The quantitative estimate of drug-likeness (QED) is 0.912. The maximum atomic E-state index is 11.1. The number of halogens is 1. The smallest absolute Gasteiger partial charge is 0.358 e. The highest BCUT2D eigenvalue weighted by atomic mass is 79.9. The Balaban J connectivity index is 2.44. The van der Waals surface area contributed by atoms with E-state index in [1.807, 2.05) is 31.2 Å². The van der Waals surface area contributed by atoms with Crippen LogP contribution < -0.4 is 0 Å². The Morgan fingerprint density at radius 1 is 1.42 bits per heavy atom. The van der Waals surface area contributed by atoms with Crippen molar-refractivity contribution in [2.45, 2.75) is 13.5 Å². The van der Waals surface area contributed by atoms with Crippen molar-refractivity contribution in [3.05, 3.63) is 40.1 Å². The van der Waals surface area contributed by atoms with Crippen LogP contribution in [0.2, 0.25) is 0 Å². The largest absolute Gasteiger partial charge is 0.476 e. The van der Waals surface area contributed by atoms with Gasteiger partial charge < -0.3 is 9.84 Å². The molecule has 19 heavy (non-hydrogen) atoms. The fourth-order valence-electron chi connectivity index (χ4n) is 1.59. The van der Waals surface area contributed by atoms with Crippen molar-refractivity contribution in [1.29, 1.82) is 0 Å². The molecule has 0 aliphatic heterocycles. The highest BCUT2D eigenvalue weighted by Crippen LogP contribution is 2.17. The van der Waals surface area contributed by atoms with E-state index in [-0.39, 0.29) is 12.3 Å². The Morgan fingerprint density at radius 3 is 2.68 bits per heavy atom. The minimum atomic E-state index is -1.11. The number of carbonyl (C=O) groups is 1. The second-order valence-corrected chi connectivity index (χ2v) is 4.63. The van der Waals surface area contributed by atoms with Crippen LogP contribution in [0, 0.1) is 0 Å². The topological polar surface area (TPSA) is 77.2 Å². The first-order valence-corrected chi connectivity index (χ1v) is 6.44. The SMILES string of the molecule is CCOCc1c(C(=O)O)nnn1-c1ccc(Br)cc1. The van der Waals surface area contributed by atoms with Crippen molar-refractivity contribution in [1.82, 2.24) is 15.0 Å². The predicted octanol–water partition coefficient (Wildman–Crippen LogP) is 2.26. The third kappa shape index (κ3) is 2.99. The zero-order chi connectivity index (χ0) is 13.8. The molecule has 1 heterocycles. The van der Waals surface area contributed by atoms with Crippen LogP contribution in [-0.2, 0) is 11.3 Å². The van der Waals surface area contributed by atoms with Gasteiger partial charge in [-0.1, -0.05) is 21.1 Å². The summed E-state index contributed by atoms with van der Waals surface area (Å²) in [6.45, 7) is 2.49. The monoisotopic (exact) mass is 325 g/mol. The maximum Gasteiger partial charge on any atom is 0.358 e. The van der Waals surface area contributed by atoms with E-state index in [0.717, 1.165) is 10.2 Å². The minimum absolute atomic E-state index is 0.0867. The van der Waals surface area contributed by atoms with Gasteiger partial charge in [0.2, 0.25) is 0 Å². The molecule has 0 bridgehead atoms. The molecule has 0 saturated carbocycles. The van der Waals surface area contributed by atoms with Crippen LogP contribution in [0.25, 0.3) is 5.69 Å². The average Bonchev–Trinajstić information content (AvgIpc) is 2.81. The Bertz CT molecular complexity index is 580. The van der Waals surface area contributed by atoms with Crippen molar-refractivity contribution in [2.24, 2.45) is 0 Å². The first-order chi connectivity index (χ1) is 9.13. The van der Waals surface area contributed by atoms with Gasteiger partial charge in [-0.15, -0.1) is 5.10 Å². The predicted molar refractivity (Wildman–Crippen MR) is 71.3 cm³/mol. The molecule has 0 unspecified atom stereocenters. The van der Waals surface area contributed by atoms with Crippen molar-refractivity contribution in [2.75, 3.05) is 6.61 Å². The molecule has 2 aromatic rings. The van der Waals surface area contributed by atoms with E-state index in [1.165, 1.54) is 4.68 Å². The number of hydrogen-bond donors (Lipinski definition) is 1. The highest BCUT2D eigenvalue weighted by Gasteiger charge is 2.19. The molecule has 0 aliphatic carbocycles. The highest BCUT2D eigenvalue weighted by molar-refractivity contribution is 9.10. The molecule has 1 aromatic heterocycles. The van der Waals surface area contributed by atoms with Gasteiger partial charge in [0, 0.05) is 11.1 Å². The Morgan fingerprint density at radius 2 is 2.11 bits per heavy atom. The normalized spacial score (nSPS) is 10.6. The molecular formula is C12H12BrN3O3. The van der Waals surface area contributed by atoms with E-state index >= 15 is 0 Å². The van der Waals surface area contributed by atoms with Crippen LogP contribution in [0.1, 0.15) is 23.1 Å². The first-order valence-electron chi connectivity index (χ1n) is 5.65. The van der Waals surface area contributed by atoms with Crippen LogP contribution in [-0.4, -0.2) is 32.7 Å². The van der Waals surface area contributed by atoms with Gasteiger partial charge in [-0.05, 0) is 31.2 Å². The van der Waals surface area contributed by atoms with Gasteiger partial charge in [-0.25, -0.2) is 9.48 Å². The number of carboxylic acids is 1. The van der Waals surface area contributed by atoms with Crippen LogP contribution in [0.5, 0.6) is 0 Å². The van der Waals surface area contributed by atoms with Gasteiger partial charge in [0.15, 0.2) is 5.69 Å². The molecule has 2 rings (SSSR count). The summed E-state index contributed by atoms with van der Waals surface area (Å²) in [6.07, 6.45) is 0. The Labute approximate surface area is 118 Å². The molecule has 0 atom stereocenters. The van der Waals surface area contributed by atoms with Gasteiger partial charge in [-0.2, -0.15) is 0 Å². The molecule has 0 amide bonds. The lowest BCUT2D eigenvalue weighted by molar-refractivity contribution is 0.0681. The molecule has 7 heteroatoms. The van der Waals surface area contributed by atoms with Crippen LogP contribution in [0.15, 0.2) is 28.7 Å². The molecular weight excluding hydrogens is 314 g/mol. The number of nitrogens with zero attached hydrogens (tertiary/aromatic N) is 3. The average molecular weight is 326 g/mol. The summed E-state index contributed by atoms with van der Waals surface area (Å²) < 4.78 is 7.69. The van der Waals surface area contributed by atoms with Crippen LogP contribution >= 0.6 is 15.9 Å². The number of benzene rings is 1. The fraction of sp³-hybridized carbons (Fsp3) is 0.250. The van der Waals surface area contributed by atoms with Crippen molar-refractivity contribution >= 4 is 21.9 Å². The summed E-state index contributed by atoms with van der Waals surface area (Å²) in [5, 5.41) is 16.7. The number of ether oxygens (including phenoxy) is 1. The molecule has 6 nitrogen and oxygen atoms in total. The van der Waals surface area contributed by atoms with Crippen molar-refractivity contribution in [3.63, 3.8) is 0 Å². The standard InChI is InChI=1S/C12H12BrN3O3/c1-2-19-7-10-11(12(17)18)14-15-16(10)9-5-3-8(13)4-6-9/h3-6H,2,7H2,1H3,(H,17,18). The summed E-state index contributed by atoms with van der Waals surface area (Å²) in [5.41, 5.74) is 1.07. The second kappa shape index (κ2) is 5.94. The molecule has 1 N–H and O–H groups in total. The molecule has 0 saturated heterocycles. The van der Waals surface area contributed by atoms with E-state index in [1.54, 1.807) is 0 Å². The fourth-order valence-corrected chi connectivity index (χ4v) is 1.85. The van der Waals surface area contributed by atoms with Crippen molar-refractivity contribution < 1.29 is 14.6 Å². The molecule has 0 radical (unpaired) electrons. The molecule has 100 valence electrons. The van der Waals surface area contributed by atoms with Gasteiger partial charge in [0.05, 0.1) is 12.3 Å². The van der Waals surface area contributed by atoms with Gasteiger partial charge in [0.25, 0.3) is 0 Å². The number of carboxylic acid groups (broad SMARTS) is 1. The summed E-state index contributed by atoms with van der Waals surface area (Å²) in [6, 6.07) is 7.34. The number of hydrogen-bond acceptors (Lipinski definition) is 4. The Kier molecular flexibility index (Phi) is 4.28. The van der Waals surface area contributed by atoms with E-state index in [2.05, 4.69) is 26.2 Å². The summed E-state index contributed by atoms with van der Waals surface area (Å²) in [4.78, 5) is 11.1. The summed E-state index contributed by atoms with van der Waals surface area (Å²) in [5.74, 6) is -1.11. The maximum absolute atomic E-state index is 11.1. The molecule has 0 aliphatic rings. The van der Waals surface area contributed by atoms with Crippen LogP contribution in [0.3, 0.4) is 0 Å².